The highest BCUT2D eigenvalue weighted by Gasteiger charge is 2.16. The van der Waals surface area contributed by atoms with Crippen molar-refractivity contribution < 1.29 is 4.79 Å². The molecule has 0 saturated carbocycles. The Labute approximate surface area is 142 Å². The summed E-state index contributed by atoms with van der Waals surface area (Å²) in [5.74, 6) is 1.08. The van der Waals surface area contributed by atoms with Gasteiger partial charge in [0, 0.05) is 24.4 Å². The van der Waals surface area contributed by atoms with Gasteiger partial charge in [-0.15, -0.1) is 10.2 Å². The molecule has 0 saturated heterocycles. The Bertz CT molecular complexity index is 717. The maximum atomic E-state index is 11.8. The van der Waals surface area contributed by atoms with Gasteiger partial charge in [0.2, 0.25) is 11.0 Å². The van der Waals surface area contributed by atoms with E-state index >= 15 is 0 Å². The van der Waals surface area contributed by atoms with Crippen LogP contribution >= 0.6 is 23.1 Å². The number of aryl methyl sites for hydroxylation is 2. The fraction of sp³-hybridized carbons (Fsp3) is 0.500. The van der Waals surface area contributed by atoms with E-state index in [1.807, 2.05) is 6.92 Å². The number of thioether (sulfide) groups is 1. The number of hydrogen-bond donors (Lipinski definition) is 2. The molecule has 0 radical (unpaired) electrons. The highest BCUT2D eigenvalue weighted by atomic mass is 32.2. The standard InChI is InChI=1S/C14H18N6OS2/c1-8-9-3-2-4-10(9)18-11(17-8)5-6-16-12(21)7-22-14-20-19-13(15)23-14/h2-7H2,1H3,(H2,15,19)(H,16,21). The Morgan fingerprint density at radius 1 is 1.35 bits per heavy atom. The van der Waals surface area contributed by atoms with Crippen molar-refractivity contribution in [1.82, 2.24) is 25.5 Å². The third-order valence-electron chi connectivity index (χ3n) is 3.61. The van der Waals surface area contributed by atoms with Gasteiger partial charge in [-0.05, 0) is 31.7 Å². The van der Waals surface area contributed by atoms with Crippen LogP contribution in [0.4, 0.5) is 5.13 Å². The molecule has 122 valence electrons. The molecule has 7 nitrogen and oxygen atoms in total. The fourth-order valence-corrected chi connectivity index (χ4v) is 4.03. The summed E-state index contributed by atoms with van der Waals surface area (Å²) >= 11 is 2.62. The lowest BCUT2D eigenvalue weighted by Gasteiger charge is -2.07. The molecule has 0 aromatic carbocycles. The number of aromatic nitrogens is 4. The van der Waals surface area contributed by atoms with Crippen molar-refractivity contribution in [3.8, 4) is 0 Å². The summed E-state index contributed by atoms with van der Waals surface area (Å²) in [5.41, 5.74) is 9.07. The number of anilines is 1. The molecule has 2 aromatic rings. The van der Waals surface area contributed by atoms with E-state index in [1.54, 1.807) is 0 Å². The van der Waals surface area contributed by atoms with Crippen LogP contribution in [0.1, 0.15) is 29.2 Å². The first-order chi connectivity index (χ1) is 11.1. The van der Waals surface area contributed by atoms with Crippen molar-refractivity contribution in [1.29, 1.82) is 0 Å². The lowest BCUT2D eigenvalue weighted by atomic mass is 10.2. The minimum Gasteiger partial charge on any atom is -0.374 e. The average molecular weight is 350 g/mol. The fourth-order valence-electron chi connectivity index (χ4n) is 2.57. The summed E-state index contributed by atoms with van der Waals surface area (Å²) in [4.78, 5) is 21.0. The van der Waals surface area contributed by atoms with Gasteiger partial charge in [0.05, 0.1) is 5.75 Å². The first-order valence-corrected chi connectivity index (χ1v) is 9.26. The molecule has 1 aliphatic rings. The van der Waals surface area contributed by atoms with Gasteiger partial charge in [-0.25, -0.2) is 9.97 Å². The summed E-state index contributed by atoms with van der Waals surface area (Å²) in [6, 6.07) is 0. The predicted octanol–water partition coefficient (Wildman–Crippen LogP) is 1.16. The number of fused-ring (bicyclic) bond motifs is 1. The number of nitrogens with zero attached hydrogens (tertiary/aromatic N) is 4. The number of rotatable bonds is 6. The molecule has 1 amide bonds. The molecular weight excluding hydrogens is 332 g/mol. The summed E-state index contributed by atoms with van der Waals surface area (Å²) in [6.07, 6.45) is 3.94. The molecule has 3 N–H and O–H groups in total. The molecule has 2 aromatic heterocycles. The number of amides is 1. The Balaban J connectivity index is 1.44. The maximum absolute atomic E-state index is 11.8. The number of carbonyl (C=O) groups is 1. The lowest BCUT2D eigenvalue weighted by molar-refractivity contribution is -0.118. The molecule has 3 rings (SSSR count). The molecule has 0 fully saturated rings. The van der Waals surface area contributed by atoms with Crippen molar-refractivity contribution >= 4 is 34.1 Å². The minimum atomic E-state index is -0.0401. The summed E-state index contributed by atoms with van der Waals surface area (Å²) in [7, 11) is 0. The van der Waals surface area contributed by atoms with Crippen molar-refractivity contribution in [2.24, 2.45) is 0 Å². The number of nitrogens with two attached hydrogens (primary N) is 1. The number of hydrogen-bond acceptors (Lipinski definition) is 8. The molecule has 0 atom stereocenters. The normalized spacial score (nSPS) is 13.1. The third-order valence-corrected chi connectivity index (χ3v) is 5.49. The largest absolute Gasteiger partial charge is 0.374 e. The molecule has 0 aliphatic heterocycles. The molecule has 23 heavy (non-hydrogen) atoms. The van der Waals surface area contributed by atoms with E-state index in [4.69, 9.17) is 5.73 Å². The number of nitrogens with one attached hydrogen (secondary N) is 1. The van der Waals surface area contributed by atoms with E-state index in [2.05, 4.69) is 25.5 Å². The zero-order valence-electron chi connectivity index (χ0n) is 12.8. The van der Waals surface area contributed by atoms with Crippen LogP contribution < -0.4 is 11.1 Å². The molecular formula is C14H18N6OS2. The van der Waals surface area contributed by atoms with Crippen LogP contribution in [0.2, 0.25) is 0 Å². The maximum Gasteiger partial charge on any atom is 0.230 e. The van der Waals surface area contributed by atoms with Crippen LogP contribution in [0.5, 0.6) is 0 Å². The monoisotopic (exact) mass is 350 g/mol. The van der Waals surface area contributed by atoms with E-state index in [1.165, 1.54) is 40.8 Å². The van der Waals surface area contributed by atoms with E-state index in [9.17, 15) is 4.79 Å². The highest BCUT2D eigenvalue weighted by Crippen LogP contribution is 2.23. The van der Waals surface area contributed by atoms with Crippen LogP contribution in [0.3, 0.4) is 0 Å². The van der Waals surface area contributed by atoms with Gasteiger partial charge in [-0.3, -0.25) is 4.79 Å². The van der Waals surface area contributed by atoms with Gasteiger partial charge < -0.3 is 11.1 Å². The first kappa shape index (κ1) is 16.1. The van der Waals surface area contributed by atoms with Crippen LogP contribution in [-0.4, -0.2) is 38.4 Å². The zero-order valence-corrected chi connectivity index (χ0v) is 14.5. The van der Waals surface area contributed by atoms with Crippen molar-refractivity contribution in [3.05, 3.63) is 22.8 Å². The van der Waals surface area contributed by atoms with Gasteiger partial charge in [0.1, 0.15) is 5.82 Å². The van der Waals surface area contributed by atoms with Crippen LogP contribution in [0.15, 0.2) is 4.34 Å². The number of nitrogen functional groups attached to an aromatic ring is 1. The molecule has 1 aliphatic carbocycles. The molecule has 0 unspecified atom stereocenters. The second kappa shape index (κ2) is 7.22. The Kier molecular flexibility index (Phi) is 5.06. The van der Waals surface area contributed by atoms with Gasteiger partial charge in [-0.2, -0.15) is 0 Å². The summed E-state index contributed by atoms with van der Waals surface area (Å²) in [6.45, 7) is 2.58. The average Bonchev–Trinajstić information content (AvgIpc) is 3.14. The summed E-state index contributed by atoms with van der Waals surface area (Å²) < 4.78 is 0.704. The molecule has 0 bridgehead atoms. The van der Waals surface area contributed by atoms with Gasteiger partial charge >= 0.3 is 0 Å². The second-order valence-corrected chi connectivity index (χ2v) is 7.53. The van der Waals surface area contributed by atoms with Gasteiger partial charge in [0.25, 0.3) is 0 Å². The first-order valence-electron chi connectivity index (χ1n) is 7.45. The second-order valence-electron chi connectivity index (χ2n) is 5.30. The number of carbonyl (C=O) groups excluding carboxylic acids is 1. The third kappa shape index (κ3) is 4.17. The van der Waals surface area contributed by atoms with Gasteiger partial charge in [0.15, 0.2) is 4.34 Å². The Hall–Kier alpha value is -1.74. The highest BCUT2D eigenvalue weighted by molar-refractivity contribution is 8.01. The van der Waals surface area contributed by atoms with Crippen LogP contribution in [0.25, 0.3) is 0 Å². The van der Waals surface area contributed by atoms with Crippen LogP contribution in [0, 0.1) is 6.92 Å². The molecule has 0 spiro atoms. The smallest absolute Gasteiger partial charge is 0.230 e. The molecule has 9 heteroatoms. The minimum absolute atomic E-state index is 0.0401. The Morgan fingerprint density at radius 3 is 3.00 bits per heavy atom. The summed E-state index contributed by atoms with van der Waals surface area (Å²) in [5, 5.41) is 10.9. The van der Waals surface area contributed by atoms with E-state index in [-0.39, 0.29) is 5.91 Å². The van der Waals surface area contributed by atoms with Crippen molar-refractivity contribution in [2.45, 2.75) is 36.9 Å². The topological polar surface area (TPSA) is 107 Å². The van der Waals surface area contributed by atoms with Gasteiger partial charge in [-0.1, -0.05) is 23.1 Å². The lowest BCUT2D eigenvalue weighted by Crippen LogP contribution is -2.27. The van der Waals surface area contributed by atoms with Crippen molar-refractivity contribution in [2.75, 3.05) is 18.0 Å². The quantitative estimate of drug-likeness (QED) is 0.753. The predicted molar refractivity (Wildman–Crippen MR) is 90.6 cm³/mol. The van der Waals surface area contributed by atoms with E-state index in [0.29, 0.717) is 28.2 Å². The zero-order chi connectivity index (χ0) is 16.2. The molecule has 2 heterocycles. The SMILES string of the molecule is Cc1nc(CCNC(=O)CSc2nnc(N)s2)nc2c1CCC2. The Morgan fingerprint density at radius 2 is 2.22 bits per heavy atom. The van der Waals surface area contributed by atoms with E-state index < -0.39 is 0 Å². The van der Waals surface area contributed by atoms with Crippen molar-refractivity contribution in [3.63, 3.8) is 0 Å². The van der Waals surface area contributed by atoms with Crippen LogP contribution in [-0.2, 0) is 24.1 Å². The van der Waals surface area contributed by atoms with E-state index in [0.717, 1.165) is 24.4 Å².